The highest BCUT2D eigenvalue weighted by Gasteiger charge is 2.09. The van der Waals surface area contributed by atoms with Gasteiger partial charge in [-0.3, -0.25) is 0 Å². The van der Waals surface area contributed by atoms with Crippen LogP contribution in [0.3, 0.4) is 0 Å². The Morgan fingerprint density at radius 1 is 1.60 bits per heavy atom. The fourth-order valence-corrected chi connectivity index (χ4v) is 1.24. The molecule has 0 aliphatic heterocycles. The molecular formula is C6H7FO2S. The molecule has 0 heterocycles. The monoisotopic (exact) mass is 162 g/mol. The van der Waals surface area contributed by atoms with E-state index in [1.807, 2.05) is 0 Å². The van der Waals surface area contributed by atoms with Crippen molar-refractivity contribution < 1.29 is 12.8 Å². The average molecular weight is 162 g/mol. The second kappa shape index (κ2) is 2.96. The maximum absolute atomic E-state index is 12.2. The summed E-state index contributed by atoms with van der Waals surface area (Å²) in [6.07, 6.45) is 4.08. The van der Waals surface area contributed by atoms with E-state index in [0.29, 0.717) is 0 Å². The summed E-state index contributed by atoms with van der Waals surface area (Å²) in [6.45, 7) is 0. The van der Waals surface area contributed by atoms with Crippen molar-refractivity contribution in [3.05, 3.63) is 24.1 Å². The van der Waals surface area contributed by atoms with Gasteiger partial charge < -0.3 is 0 Å². The van der Waals surface area contributed by atoms with Crippen molar-refractivity contribution in [2.75, 3.05) is 0 Å². The van der Waals surface area contributed by atoms with Crippen LogP contribution in [0.15, 0.2) is 24.1 Å². The molecule has 0 bridgehead atoms. The summed E-state index contributed by atoms with van der Waals surface area (Å²) in [6, 6.07) is 0. The van der Waals surface area contributed by atoms with Crippen LogP contribution in [-0.2, 0) is 10.7 Å². The van der Waals surface area contributed by atoms with Crippen LogP contribution in [0.5, 0.6) is 0 Å². The third-order valence-corrected chi connectivity index (χ3v) is 2.23. The molecule has 0 N–H and O–H groups in total. The predicted octanol–water partition coefficient (Wildman–Crippen LogP) is 0.780. The first kappa shape index (κ1) is 7.47. The van der Waals surface area contributed by atoms with Gasteiger partial charge >= 0.3 is 0 Å². The summed E-state index contributed by atoms with van der Waals surface area (Å²) < 4.78 is 32.8. The molecule has 10 heavy (non-hydrogen) atoms. The molecule has 0 saturated carbocycles. The van der Waals surface area contributed by atoms with E-state index < -0.39 is 16.0 Å². The average Bonchev–Trinajstić information content (AvgIpc) is 1.88. The maximum atomic E-state index is 12.2. The van der Waals surface area contributed by atoms with Crippen molar-refractivity contribution in [3.63, 3.8) is 0 Å². The lowest BCUT2D eigenvalue weighted by molar-refractivity contribution is 0.604. The molecule has 1 aliphatic carbocycles. The third-order valence-electron chi connectivity index (χ3n) is 1.30. The van der Waals surface area contributed by atoms with Crippen molar-refractivity contribution in [1.82, 2.24) is 0 Å². The maximum Gasteiger partial charge on any atom is 0.146 e. The lowest BCUT2D eigenvalue weighted by Gasteiger charge is -2.04. The number of hydrogen-bond acceptors (Lipinski definition) is 2. The van der Waals surface area contributed by atoms with Gasteiger partial charge in [-0.1, -0.05) is 6.08 Å². The minimum absolute atomic E-state index is 0.265. The highest BCUT2D eigenvalue weighted by Crippen LogP contribution is 2.12. The Balaban J connectivity index is 2.69. The molecular weight excluding hydrogens is 155 g/mol. The zero-order valence-electron chi connectivity index (χ0n) is 5.16. The van der Waals surface area contributed by atoms with Gasteiger partial charge in [-0.25, -0.2) is 12.8 Å². The van der Waals surface area contributed by atoms with Gasteiger partial charge in [0.2, 0.25) is 0 Å². The highest BCUT2D eigenvalue weighted by molar-refractivity contribution is 7.73. The van der Waals surface area contributed by atoms with Gasteiger partial charge in [0.1, 0.15) is 16.5 Å². The fraction of sp³-hybridized carbons (Fsp3) is 0.333. The fourth-order valence-electron chi connectivity index (χ4n) is 0.739. The summed E-state index contributed by atoms with van der Waals surface area (Å²) in [5, 5.41) is -0.505. The van der Waals surface area contributed by atoms with Crippen molar-refractivity contribution >= 4 is 10.7 Å². The Morgan fingerprint density at radius 2 is 2.30 bits per heavy atom. The second-order valence-corrected chi connectivity index (χ2v) is 3.27. The van der Waals surface area contributed by atoms with E-state index in [-0.39, 0.29) is 12.2 Å². The molecule has 0 radical (unpaired) electrons. The Bertz CT molecular complexity index is 244. The molecule has 0 saturated heterocycles. The minimum Gasteiger partial charge on any atom is -0.231 e. The normalized spacial score (nSPS) is 25.0. The Hall–Kier alpha value is -0.640. The number of allylic oxidation sites excluding steroid dienone is 3. The van der Waals surface area contributed by atoms with Gasteiger partial charge in [-0.15, -0.1) is 0 Å². The topological polar surface area (TPSA) is 34.1 Å². The first-order valence-electron chi connectivity index (χ1n) is 2.87. The van der Waals surface area contributed by atoms with Gasteiger partial charge in [0.05, 0.1) is 5.25 Å². The first-order valence-corrected chi connectivity index (χ1v) is 4.12. The zero-order chi connectivity index (χ0) is 7.56. The number of hydrogen-bond donors (Lipinski definition) is 1. The molecule has 1 atom stereocenters. The van der Waals surface area contributed by atoms with Crippen molar-refractivity contribution in [2.45, 2.75) is 11.7 Å². The quantitative estimate of drug-likeness (QED) is 0.578. The Morgan fingerprint density at radius 3 is 2.70 bits per heavy atom. The predicted molar refractivity (Wildman–Crippen MR) is 37.1 cm³/mol. The standard InChI is InChI=1S/C6H7FO2S/c7-5-1-3-6(4-2-5)10(8)9/h1-3,6,10H,4H2. The lowest BCUT2D eigenvalue weighted by atomic mass is 10.2. The number of halogens is 1. The van der Waals surface area contributed by atoms with Crippen LogP contribution >= 0.6 is 0 Å². The van der Waals surface area contributed by atoms with Crippen LogP contribution in [0, 0.1) is 0 Å². The van der Waals surface area contributed by atoms with Gasteiger partial charge in [-0.2, -0.15) is 0 Å². The molecule has 1 aliphatic rings. The summed E-state index contributed by atoms with van der Waals surface area (Å²) in [7, 11) is -2.44. The molecule has 0 fully saturated rings. The van der Waals surface area contributed by atoms with Crippen molar-refractivity contribution in [2.24, 2.45) is 0 Å². The SMILES string of the molecule is O=[SH](=O)C1C=CC(F)=CC1. The second-order valence-electron chi connectivity index (χ2n) is 2.04. The van der Waals surface area contributed by atoms with Crippen molar-refractivity contribution in [1.29, 1.82) is 0 Å². The van der Waals surface area contributed by atoms with E-state index >= 15 is 0 Å². The molecule has 0 aromatic heterocycles. The van der Waals surface area contributed by atoms with Gasteiger partial charge in [-0.05, 0) is 18.6 Å². The van der Waals surface area contributed by atoms with Crippen LogP contribution in [0.25, 0.3) is 0 Å². The smallest absolute Gasteiger partial charge is 0.146 e. The van der Waals surface area contributed by atoms with E-state index in [2.05, 4.69) is 0 Å². The van der Waals surface area contributed by atoms with E-state index in [9.17, 15) is 12.8 Å². The molecule has 2 nitrogen and oxygen atoms in total. The van der Waals surface area contributed by atoms with E-state index in [0.717, 1.165) is 0 Å². The van der Waals surface area contributed by atoms with E-state index in [4.69, 9.17) is 0 Å². The van der Waals surface area contributed by atoms with Crippen LogP contribution in [0.1, 0.15) is 6.42 Å². The summed E-state index contributed by atoms with van der Waals surface area (Å²) in [5.74, 6) is -0.354. The Labute approximate surface area is 60.0 Å². The number of thiol groups is 1. The third kappa shape index (κ3) is 1.67. The van der Waals surface area contributed by atoms with Crippen molar-refractivity contribution in [3.8, 4) is 0 Å². The van der Waals surface area contributed by atoms with Gasteiger partial charge in [0.25, 0.3) is 0 Å². The van der Waals surface area contributed by atoms with E-state index in [1.54, 1.807) is 0 Å². The largest absolute Gasteiger partial charge is 0.231 e. The van der Waals surface area contributed by atoms with E-state index in [1.165, 1.54) is 18.2 Å². The van der Waals surface area contributed by atoms with Crippen LogP contribution < -0.4 is 0 Å². The first-order chi connectivity index (χ1) is 4.70. The lowest BCUT2D eigenvalue weighted by Crippen LogP contribution is -2.06. The van der Waals surface area contributed by atoms with Gasteiger partial charge in [0, 0.05) is 0 Å². The molecule has 1 rings (SSSR count). The molecule has 4 heteroatoms. The van der Waals surface area contributed by atoms with Gasteiger partial charge in [0.15, 0.2) is 0 Å². The Kier molecular flexibility index (Phi) is 2.21. The minimum atomic E-state index is -2.44. The molecule has 0 aromatic rings. The molecule has 0 amide bonds. The summed E-state index contributed by atoms with van der Waals surface area (Å²) in [4.78, 5) is 0. The molecule has 56 valence electrons. The zero-order valence-corrected chi connectivity index (χ0v) is 6.05. The summed E-state index contributed by atoms with van der Waals surface area (Å²) in [5.41, 5.74) is 0. The van der Waals surface area contributed by atoms with Crippen LogP contribution in [-0.4, -0.2) is 13.7 Å². The summed E-state index contributed by atoms with van der Waals surface area (Å²) >= 11 is 0. The highest BCUT2D eigenvalue weighted by atomic mass is 32.2. The molecule has 1 unspecified atom stereocenters. The molecule has 0 aromatic carbocycles. The number of rotatable bonds is 1. The van der Waals surface area contributed by atoms with Crippen LogP contribution in [0.2, 0.25) is 0 Å². The molecule has 0 spiro atoms. The van der Waals surface area contributed by atoms with Crippen LogP contribution in [0.4, 0.5) is 4.39 Å².